The molecule has 2 N–H and O–H groups in total. The zero-order chi connectivity index (χ0) is 8.81. The van der Waals surface area contributed by atoms with E-state index in [4.69, 9.17) is 9.84 Å². The van der Waals surface area contributed by atoms with E-state index in [1.807, 2.05) is 0 Å². The van der Waals surface area contributed by atoms with Crippen molar-refractivity contribution in [2.45, 2.75) is 25.2 Å². The molecule has 0 aliphatic carbocycles. The number of aldehydes is 1. The van der Waals surface area contributed by atoms with Crippen LogP contribution in [0.25, 0.3) is 0 Å². The van der Waals surface area contributed by atoms with Crippen molar-refractivity contribution in [3.05, 3.63) is 12.3 Å². The van der Waals surface area contributed by atoms with Crippen molar-refractivity contribution in [1.29, 1.82) is 0 Å². The van der Waals surface area contributed by atoms with E-state index in [2.05, 4.69) is 5.32 Å². The van der Waals surface area contributed by atoms with Gasteiger partial charge >= 0.3 is 0 Å². The molecule has 0 bridgehead atoms. The third-order valence-corrected chi connectivity index (χ3v) is 1.77. The number of allylic oxidation sites excluding steroid dienone is 1. The second kappa shape index (κ2) is 4.90. The van der Waals surface area contributed by atoms with E-state index >= 15 is 0 Å². The summed E-state index contributed by atoms with van der Waals surface area (Å²) in [6.07, 6.45) is 5.25. The normalized spacial score (nSPS) is 29.4. The number of hydrogen-bond acceptors (Lipinski definition) is 4. The summed E-state index contributed by atoms with van der Waals surface area (Å²) in [4.78, 5) is 9.89. The molecular weight excluding hydrogens is 158 g/mol. The largest absolute Gasteiger partial charge is 0.394 e. The van der Waals surface area contributed by atoms with Crippen LogP contribution in [0.2, 0.25) is 0 Å². The third kappa shape index (κ3) is 2.64. The Morgan fingerprint density at radius 1 is 1.58 bits per heavy atom. The van der Waals surface area contributed by atoms with Gasteiger partial charge in [0.15, 0.2) is 0 Å². The second-order valence-electron chi connectivity index (χ2n) is 2.67. The highest BCUT2D eigenvalue weighted by molar-refractivity contribution is 5.64. The molecule has 1 heterocycles. The predicted octanol–water partition coefficient (Wildman–Crippen LogP) is -0.214. The molecule has 1 saturated heterocycles. The summed E-state index contributed by atoms with van der Waals surface area (Å²) in [5.74, 6) is 0. The van der Waals surface area contributed by atoms with Gasteiger partial charge in [0.2, 0.25) is 0 Å². The van der Waals surface area contributed by atoms with Gasteiger partial charge in [-0.3, -0.25) is 4.79 Å². The van der Waals surface area contributed by atoms with E-state index in [-0.39, 0.29) is 18.9 Å². The van der Waals surface area contributed by atoms with E-state index in [0.717, 1.165) is 12.8 Å². The summed E-state index contributed by atoms with van der Waals surface area (Å²) < 4.78 is 5.33. The highest BCUT2D eigenvalue weighted by atomic mass is 16.5. The Balaban J connectivity index is 2.18. The molecule has 0 aromatic heterocycles. The van der Waals surface area contributed by atoms with E-state index in [0.29, 0.717) is 6.29 Å². The van der Waals surface area contributed by atoms with Crippen molar-refractivity contribution in [2.75, 3.05) is 6.61 Å². The molecule has 0 radical (unpaired) electrons. The van der Waals surface area contributed by atoms with Gasteiger partial charge in [0.25, 0.3) is 0 Å². The van der Waals surface area contributed by atoms with Crippen LogP contribution in [0, 0.1) is 0 Å². The van der Waals surface area contributed by atoms with Gasteiger partial charge in [-0.2, -0.15) is 0 Å². The molecule has 0 spiro atoms. The summed E-state index contributed by atoms with van der Waals surface area (Å²) in [5, 5.41) is 11.6. The molecule has 0 amide bonds. The Labute approximate surface area is 71.2 Å². The lowest BCUT2D eigenvalue weighted by atomic mass is 10.2. The Morgan fingerprint density at radius 2 is 2.42 bits per heavy atom. The SMILES string of the molecule is O=C/C=C\N[C@H]1CC[C@@H](CO)O1. The number of carbonyl (C=O) groups is 1. The Kier molecular flexibility index (Phi) is 3.76. The van der Waals surface area contributed by atoms with Crippen LogP contribution in [-0.2, 0) is 9.53 Å². The molecule has 4 heteroatoms. The van der Waals surface area contributed by atoms with Crippen LogP contribution in [0.1, 0.15) is 12.8 Å². The molecule has 1 aliphatic rings. The fourth-order valence-electron chi connectivity index (χ4n) is 1.16. The molecule has 12 heavy (non-hydrogen) atoms. The quantitative estimate of drug-likeness (QED) is 0.454. The summed E-state index contributed by atoms with van der Waals surface area (Å²) in [6, 6.07) is 0. The van der Waals surface area contributed by atoms with Crippen LogP contribution in [0.3, 0.4) is 0 Å². The fraction of sp³-hybridized carbons (Fsp3) is 0.625. The van der Waals surface area contributed by atoms with Gasteiger partial charge < -0.3 is 15.2 Å². The first kappa shape index (κ1) is 9.22. The average molecular weight is 171 g/mol. The van der Waals surface area contributed by atoms with Gasteiger partial charge in [0, 0.05) is 6.20 Å². The monoisotopic (exact) mass is 171 g/mol. The topological polar surface area (TPSA) is 58.6 Å². The number of carbonyl (C=O) groups excluding carboxylic acids is 1. The summed E-state index contributed by atoms with van der Waals surface area (Å²) >= 11 is 0. The lowest BCUT2D eigenvalue weighted by Gasteiger charge is -2.11. The van der Waals surface area contributed by atoms with Gasteiger partial charge in [-0.15, -0.1) is 0 Å². The molecule has 1 fully saturated rings. The number of aliphatic hydroxyl groups is 1. The fourth-order valence-corrected chi connectivity index (χ4v) is 1.16. The molecule has 0 aromatic carbocycles. The molecule has 1 rings (SSSR count). The first-order valence-electron chi connectivity index (χ1n) is 3.99. The van der Waals surface area contributed by atoms with Gasteiger partial charge in [0.05, 0.1) is 12.7 Å². The minimum Gasteiger partial charge on any atom is -0.394 e. The Hall–Kier alpha value is -0.870. The summed E-state index contributed by atoms with van der Waals surface area (Å²) in [6.45, 7) is 0.0651. The van der Waals surface area contributed by atoms with Crippen molar-refractivity contribution in [1.82, 2.24) is 5.32 Å². The van der Waals surface area contributed by atoms with Crippen LogP contribution in [0.4, 0.5) is 0 Å². The lowest BCUT2D eigenvalue weighted by Crippen LogP contribution is -2.25. The van der Waals surface area contributed by atoms with Crippen molar-refractivity contribution in [3.63, 3.8) is 0 Å². The van der Waals surface area contributed by atoms with E-state index in [9.17, 15) is 4.79 Å². The molecule has 0 unspecified atom stereocenters. The molecule has 4 nitrogen and oxygen atoms in total. The van der Waals surface area contributed by atoms with Gasteiger partial charge in [0.1, 0.15) is 12.5 Å². The highest BCUT2D eigenvalue weighted by Gasteiger charge is 2.22. The number of nitrogens with one attached hydrogen (secondary N) is 1. The average Bonchev–Trinajstić information content (AvgIpc) is 2.53. The third-order valence-electron chi connectivity index (χ3n) is 1.77. The van der Waals surface area contributed by atoms with Crippen LogP contribution >= 0.6 is 0 Å². The Bertz CT molecular complexity index is 170. The summed E-state index contributed by atoms with van der Waals surface area (Å²) in [5.41, 5.74) is 0. The molecule has 2 atom stereocenters. The van der Waals surface area contributed by atoms with E-state index < -0.39 is 0 Å². The minimum atomic E-state index is -0.0571. The molecule has 1 aliphatic heterocycles. The second-order valence-corrected chi connectivity index (χ2v) is 2.67. The van der Waals surface area contributed by atoms with Gasteiger partial charge in [-0.05, 0) is 18.9 Å². The molecular formula is C8H13NO3. The smallest absolute Gasteiger partial charge is 0.144 e. The number of ether oxygens (including phenoxy) is 1. The zero-order valence-electron chi connectivity index (χ0n) is 6.77. The van der Waals surface area contributed by atoms with Crippen molar-refractivity contribution in [2.24, 2.45) is 0 Å². The molecule has 0 aromatic rings. The van der Waals surface area contributed by atoms with Crippen LogP contribution in [0.15, 0.2) is 12.3 Å². The van der Waals surface area contributed by atoms with Crippen molar-refractivity contribution in [3.8, 4) is 0 Å². The first-order valence-corrected chi connectivity index (χ1v) is 3.99. The standard InChI is InChI=1S/C8H13NO3/c10-5-1-4-9-8-3-2-7(6-11)12-8/h1,4-5,7-9,11H,2-3,6H2/b4-1-/t7-,8+/m0/s1. The van der Waals surface area contributed by atoms with E-state index in [1.54, 1.807) is 6.20 Å². The Morgan fingerprint density at radius 3 is 3.00 bits per heavy atom. The molecule has 68 valence electrons. The van der Waals surface area contributed by atoms with Gasteiger partial charge in [-0.1, -0.05) is 0 Å². The van der Waals surface area contributed by atoms with Crippen LogP contribution < -0.4 is 5.32 Å². The van der Waals surface area contributed by atoms with Crippen LogP contribution in [-0.4, -0.2) is 30.3 Å². The van der Waals surface area contributed by atoms with Crippen molar-refractivity contribution >= 4 is 6.29 Å². The number of aliphatic hydroxyl groups excluding tert-OH is 1. The lowest BCUT2D eigenvalue weighted by molar-refractivity contribution is -0.104. The summed E-state index contributed by atoms with van der Waals surface area (Å²) in [7, 11) is 0. The maximum atomic E-state index is 9.89. The van der Waals surface area contributed by atoms with E-state index in [1.165, 1.54) is 6.08 Å². The first-order chi connectivity index (χ1) is 5.86. The maximum Gasteiger partial charge on any atom is 0.144 e. The molecule has 0 saturated carbocycles. The predicted molar refractivity (Wildman–Crippen MR) is 43.3 cm³/mol. The number of hydrogen-bond donors (Lipinski definition) is 2. The van der Waals surface area contributed by atoms with Crippen molar-refractivity contribution < 1.29 is 14.6 Å². The van der Waals surface area contributed by atoms with Crippen LogP contribution in [0.5, 0.6) is 0 Å². The minimum absolute atomic E-state index is 0.0490. The highest BCUT2D eigenvalue weighted by Crippen LogP contribution is 2.16. The van der Waals surface area contributed by atoms with Gasteiger partial charge in [-0.25, -0.2) is 0 Å². The number of rotatable bonds is 4. The zero-order valence-corrected chi connectivity index (χ0v) is 6.77. The maximum absolute atomic E-state index is 9.89.